The number of para-hydroxylation sites is 1. The summed E-state index contributed by atoms with van der Waals surface area (Å²) in [5, 5.41) is 7.78. The highest BCUT2D eigenvalue weighted by molar-refractivity contribution is 7.90. The summed E-state index contributed by atoms with van der Waals surface area (Å²) in [5.41, 5.74) is -2.13. The minimum Gasteiger partial charge on any atom is -0.461 e. The number of ether oxygens (including phenoxy) is 2. The van der Waals surface area contributed by atoms with Crippen molar-refractivity contribution in [2.45, 2.75) is 102 Å². The van der Waals surface area contributed by atoms with Crippen LogP contribution in [0.15, 0.2) is 42.5 Å². The molecular formula is C33H45N5O10S. The fourth-order valence-electron chi connectivity index (χ4n) is 6.01. The number of benzene rings is 1. The maximum atomic E-state index is 14.0. The van der Waals surface area contributed by atoms with Crippen molar-refractivity contribution < 1.29 is 46.7 Å². The van der Waals surface area contributed by atoms with Crippen molar-refractivity contribution in [3.8, 4) is 0 Å². The predicted octanol–water partition coefficient (Wildman–Crippen LogP) is 1.89. The van der Waals surface area contributed by atoms with Crippen LogP contribution in [-0.2, 0) is 43.5 Å². The number of esters is 1. The van der Waals surface area contributed by atoms with Gasteiger partial charge in [-0.2, -0.15) is 0 Å². The fourth-order valence-corrected chi connectivity index (χ4v) is 6.96. The average molecular weight is 704 g/mol. The summed E-state index contributed by atoms with van der Waals surface area (Å²) in [7, 11) is -4.49. The molecule has 268 valence electrons. The largest absolute Gasteiger partial charge is 0.461 e. The van der Waals surface area contributed by atoms with E-state index >= 15 is 0 Å². The second-order valence-electron chi connectivity index (χ2n) is 13.6. The summed E-state index contributed by atoms with van der Waals surface area (Å²) in [5.74, 6) is -5.47. The van der Waals surface area contributed by atoms with Crippen LogP contribution in [0.1, 0.15) is 72.6 Å². The summed E-state index contributed by atoms with van der Waals surface area (Å²) in [4.78, 5) is 79.8. The number of nitrogens with zero attached hydrogens (tertiary/aromatic N) is 1. The van der Waals surface area contributed by atoms with Gasteiger partial charge in [0.15, 0.2) is 0 Å². The lowest BCUT2D eigenvalue weighted by molar-refractivity contribution is -0.146. The van der Waals surface area contributed by atoms with Crippen LogP contribution in [0.3, 0.4) is 0 Å². The predicted molar refractivity (Wildman–Crippen MR) is 177 cm³/mol. The molecular weight excluding hydrogens is 658 g/mol. The minimum atomic E-state index is -4.49. The second kappa shape index (κ2) is 15.4. The molecule has 1 aromatic carbocycles. The van der Waals surface area contributed by atoms with Crippen molar-refractivity contribution in [1.82, 2.24) is 20.3 Å². The highest BCUT2D eigenvalue weighted by Crippen LogP contribution is 2.45. The Morgan fingerprint density at radius 3 is 2.45 bits per heavy atom. The molecule has 5 amide bonds. The zero-order valence-electron chi connectivity index (χ0n) is 28.2. The Morgan fingerprint density at radius 2 is 1.78 bits per heavy atom. The van der Waals surface area contributed by atoms with Crippen LogP contribution in [-0.4, -0.2) is 90.6 Å². The molecule has 2 fully saturated rings. The number of hydrogen-bond donors (Lipinski definition) is 4. The maximum absolute atomic E-state index is 14.0. The van der Waals surface area contributed by atoms with Crippen LogP contribution >= 0.6 is 0 Å². The molecule has 0 unspecified atom stereocenters. The molecule has 2 aliphatic heterocycles. The zero-order chi connectivity index (χ0) is 36.0. The Kier molecular flexibility index (Phi) is 11.7. The maximum Gasteiger partial charge on any atom is 0.408 e. The summed E-state index contributed by atoms with van der Waals surface area (Å²) in [6, 6.07) is 5.94. The van der Waals surface area contributed by atoms with Gasteiger partial charge in [-0.3, -0.25) is 28.7 Å². The van der Waals surface area contributed by atoms with Crippen LogP contribution in [0.5, 0.6) is 0 Å². The van der Waals surface area contributed by atoms with E-state index in [-0.39, 0.29) is 25.8 Å². The van der Waals surface area contributed by atoms with Crippen molar-refractivity contribution in [1.29, 1.82) is 0 Å². The fraction of sp³-hybridized carbons (Fsp3) is 0.576. The Bertz CT molecular complexity index is 1580. The molecule has 1 saturated carbocycles. The zero-order valence-corrected chi connectivity index (χ0v) is 29.0. The lowest BCUT2D eigenvalue weighted by Gasteiger charge is -2.30. The quantitative estimate of drug-likeness (QED) is 0.240. The Balaban J connectivity index is 1.57. The molecule has 1 saturated heterocycles. The molecule has 0 spiro atoms. The van der Waals surface area contributed by atoms with E-state index < -0.39 is 86.7 Å². The van der Waals surface area contributed by atoms with E-state index in [9.17, 15) is 37.2 Å². The number of alkyl carbamates (subject to hydrolysis) is 1. The van der Waals surface area contributed by atoms with Gasteiger partial charge in [0.1, 0.15) is 35.1 Å². The highest BCUT2D eigenvalue weighted by atomic mass is 32.2. The first-order valence-corrected chi connectivity index (χ1v) is 18.0. The third kappa shape index (κ3) is 10.5. The highest BCUT2D eigenvalue weighted by Gasteiger charge is 2.61. The van der Waals surface area contributed by atoms with Gasteiger partial charge in [0.05, 0.1) is 6.54 Å². The van der Waals surface area contributed by atoms with E-state index in [2.05, 4.69) is 16.0 Å². The number of allylic oxidation sites excluding steroid dienone is 1. The molecule has 4 N–H and O–H groups in total. The van der Waals surface area contributed by atoms with E-state index in [1.807, 2.05) is 10.8 Å². The number of sulfonamides is 1. The first-order chi connectivity index (χ1) is 23.0. The summed E-state index contributed by atoms with van der Waals surface area (Å²) in [6.07, 6.45) is 4.83. The Hall–Kier alpha value is -4.47. The first-order valence-electron chi connectivity index (χ1n) is 16.3. The number of fused-ring (bicyclic) bond motifs is 2. The third-order valence-electron chi connectivity index (χ3n) is 8.30. The minimum absolute atomic E-state index is 0.0731. The van der Waals surface area contributed by atoms with Gasteiger partial charge in [-0.15, -0.1) is 0 Å². The van der Waals surface area contributed by atoms with E-state index in [0.29, 0.717) is 24.9 Å². The number of carbonyl (C=O) groups is 6. The smallest absolute Gasteiger partial charge is 0.408 e. The van der Waals surface area contributed by atoms with Gasteiger partial charge >= 0.3 is 12.1 Å². The Labute approximate surface area is 285 Å². The summed E-state index contributed by atoms with van der Waals surface area (Å²) >= 11 is 0. The summed E-state index contributed by atoms with van der Waals surface area (Å²) < 4.78 is 38.6. The first kappa shape index (κ1) is 37.4. The number of amides is 5. The molecule has 0 aromatic heterocycles. The van der Waals surface area contributed by atoms with Crippen molar-refractivity contribution in [3.05, 3.63) is 42.5 Å². The summed E-state index contributed by atoms with van der Waals surface area (Å²) in [6.45, 7) is 6.11. The topological polar surface area (TPSA) is 206 Å². The van der Waals surface area contributed by atoms with Crippen molar-refractivity contribution in [2.75, 3.05) is 17.6 Å². The monoisotopic (exact) mass is 703 g/mol. The molecule has 15 nitrogen and oxygen atoms in total. The van der Waals surface area contributed by atoms with E-state index in [4.69, 9.17) is 9.47 Å². The van der Waals surface area contributed by atoms with Gasteiger partial charge in [-0.1, -0.05) is 43.2 Å². The third-order valence-corrected chi connectivity index (χ3v) is 9.43. The molecule has 4 rings (SSSR count). The molecule has 0 radical (unpaired) electrons. The van der Waals surface area contributed by atoms with Crippen LogP contribution in [0.2, 0.25) is 0 Å². The number of hydrogen-bond acceptors (Lipinski definition) is 10. The molecule has 5 atom stereocenters. The molecule has 3 aliphatic rings. The normalized spacial score (nSPS) is 26.1. The van der Waals surface area contributed by atoms with Crippen LogP contribution in [0, 0.1) is 5.92 Å². The number of nitrogens with one attached hydrogen (secondary N) is 4. The van der Waals surface area contributed by atoms with Crippen molar-refractivity contribution in [2.24, 2.45) is 5.92 Å². The van der Waals surface area contributed by atoms with Gasteiger partial charge in [-0.25, -0.2) is 13.2 Å². The van der Waals surface area contributed by atoms with Gasteiger partial charge in [-0.05, 0) is 58.6 Å². The molecule has 0 bridgehead atoms. The van der Waals surface area contributed by atoms with Crippen LogP contribution < -0.4 is 20.7 Å². The van der Waals surface area contributed by atoms with E-state index in [1.54, 1.807) is 57.2 Å². The Morgan fingerprint density at radius 1 is 1.06 bits per heavy atom. The molecule has 2 heterocycles. The van der Waals surface area contributed by atoms with Crippen LogP contribution in [0.4, 0.5) is 10.5 Å². The lowest BCUT2D eigenvalue weighted by atomic mass is 10.0. The van der Waals surface area contributed by atoms with Crippen molar-refractivity contribution >= 4 is 51.4 Å². The van der Waals surface area contributed by atoms with Gasteiger partial charge < -0.3 is 30.3 Å². The average Bonchev–Trinajstić information content (AvgIpc) is 3.51. The van der Waals surface area contributed by atoms with E-state index in [1.165, 1.54) is 11.8 Å². The number of carbonyl (C=O) groups excluding carboxylic acids is 6. The van der Waals surface area contributed by atoms with Crippen molar-refractivity contribution in [3.63, 3.8) is 0 Å². The second-order valence-corrected chi connectivity index (χ2v) is 15.3. The SMILES string of the molecule is CC(=O)O[C@@H]1C[C@H]2C(=O)N[C@]3(C(=O)NS(=O)(=O)CC(=O)Nc4ccccc4)C[C@H]3C=CCCCCC[C@H](NC(=O)OC(C)(C)C)C(=O)N2C1. The van der Waals surface area contributed by atoms with Gasteiger partial charge in [0.2, 0.25) is 27.7 Å². The van der Waals surface area contributed by atoms with Gasteiger partial charge in [0.25, 0.3) is 5.91 Å². The van der Waals surface area contributed by atoms with E-state index in [0.717, 1.165) is 6.42 Å². The van der Waals surface area contributed by atoms with Crippen LogP contribution in [0.25, 0.3) is 0 Å². The van der Waals surface area contributed by atoms with Gasteiger partial charge in [0, 0.05) is 24.9 Å². The molecule has 1 aliphatic carbocycles. The standard InChI is InChI=1S/C33H45N5O10S/c1-21(39)47-24-17-26-28(41)36-33(30(43)37-49(45,46)20-27(40)34-23-14-10-8-11-15-23)18-22(33)13-9-6-5-7-12-16-25(29(42)38(26)19-24)35-31(44)48-32(2,3)4/h8-11,13-15,22,24-26H,5-7,12,16-20H2,1-4H3,(H,34,40)(H,35,44)(H,36,41)(H,37,43)/t22-,24-,25+,26+,33-/m1/s1. The molecule has 49 heavy (non-hydrogen) atoms. The molecule has 16 heteroatoms. The number of rotatable bonds is 7. The molecule has 1 aromatic rings. The lowest BCUT2D eigenvalue weighted by Crippen LogP contribution is -2.58. The number of anilines is 1.